The first-order chi connectivity index (χ1) is 9.54. The summed E-state index contributed by atoms with van der Waals surface area (Å²) in [7, 11) is 1.64. The second-order valence-corrected chi connectivity index (χ2v) is 5.60. The molecular weight excluding hydrogens is 252 g/mol. The van der Waals surface area contributed by atoms with E-state index in [0.717, 1.165) is 18.4 Å². The molecule has 1 aliphatic heterocycles. The van der Waals surface area contributed by atoms with Crippen LogP contribution in [0.2, 0.25) is 0 Å². The molecule has 3 heteroatoms. The smallest absolute Gasteiger partial charge is 0.102 e. The van der Waals surface area contributed by atoms with Gasteiger partial charge in [-0.05, 0) is 26.7 Å². The van der Waals surface area contributed by atoms with Crippen LogP contribution in [-0.2, 0) is 9.47 Å². The molecule has 1 N–H and O–H groups in total. The van der Waals surface area contributed by atoms with Crippen molar-refractivity contribution in [3.8, 4) is 0 Å². The Morgan fingerprint density at radius 3 is 2.75 bits per heavy atom. The largest absolute Gasteiger partial charge is 0.389 e. The SMILES string of the molecule is CO[C@H]1C=CCCC(C)=CCOCC(C)=C[C@@H](C)[C@@H]1O. The zero-order valence-electron chi connectivity index (χ0n) is 13.1. The zero-order valence-corrected chi connectivity index (χ0v) is 13.1. The van der Waals surface area contributed by atoms with Crippen LogP contribution in [0.4, 0.5) is 0 Å². The summed E-state index contributed by atoms with van der Waals surface area (Å²) in [5, 5.41) is 10.3. The van der Waals surface area contributed by atoms with Crippen LogP contribution in [0, 0.1) is 5.92 Å². The van der Waals surface area contributed by atoms with E-state index >= 15 is 0 Å². The minimum absolute atomic E-state index is 0.0356. The van der Waals surface area contributed by atoms with Crippen LogP contribution < -0.4 is 0 Å². The molecule has 114 valence electrons. The van der Waals surface area contributed by atoms with Crippen LogP contribution in [0.15, 0.2) is 35.5 Å². The Balaban J connectivity index is 2.83. The summed E-state index contributed by atoms with van der Waals surface area (Å²) in [5.74, 6) is 0.0356. The molecule has 0 unspecified atom stereocenters. The summed E-state index contributed by atoms with van der Waals surface area (Å²) >= 11 is 0. The second kappa shape index (κ2) is 9.11. The average Bonchev–Trinajstić information content (AvgIpc) is 2.42. The molecular formula is C17H28O3. The van der Waals surface area contributed by atoms with Crippen LogP contribution in [0.3, 0.4) is 0 Å². The van der Waals surface area contributed by atoms with Crippen molar-refractivity contribution in [3.63, 3.8) is 0 Å². The van der Waals surface area contributed by atoms with Gasteiger partial charge in [-0.2, -0.15) is 0 Å². The lowest BCUT2D eigenvalue weighted by molar-refractivity contribution is -0.00199. The first kappa shape index (κ1) is 17.2. The fourth-order valence-electron chi connectivity index (χ4n) is 2.29. The van der Waals surface area contributed by atoms with E-state index in [1.807, 2.05) is 19.9 Å². The van der Waals surface area contributed by atoms with E-state index < -0.39 is 6.10 Å². The molecule has 3 atom stereocenters. The Morgan fingerprint density at radius 1 is 1.30 bits per heavy atom. The van der Waals surface area contributed by atoms with E-state index in [9.17, 15) is 5.11 Å². The van der Waals surface area contributed by atoms with Gasteiger partial charge in [0.1, 0.15) is 6.10 Å². The number of aliphatic hydroxyl groups is 1. The van der Waals surface area contributed by atoms with Crippen LogP contribution in [0.5, 0.6) is 0 Å². The van der Waals surface area contributed by atoms with Crippen LogP contribution in [0.1, 0.15) is 33.6 Å². The molecule has 1 heterocycles. The average molecular weight is 280 g/mol. The molecule has 20 heavy (non-hydrogen) atoms. The van der Waals surface area contributed by atoms with Crippen LogP contribution in [-0.4, -0.2) is 37.6 Å². The number of rotatable bonds is 1. The number of methoxy groups -OCH3 is 1. The Hall–Kier alpha value is -0.900. The van der Waals surface area contributed by atoms with Crippen molar-refractivity contribution in [3.05, 3.63) is 35.5 Å². The van der Waals surface area contributed by atoms with Gasteiger partial charge in [0.05, 0.1) is 19.3 Å². The predicted octanol–water partition coefficient (Wildman–Crippen LogP) is 3.26. The topological polar surface area (TPSA) is 38.7 Å². The van der Waals surface area contributed by atoms with E-state index in [1.54, 1.807) is 7.11 Å². The normalized spacial score (nSPS) is 30.4. The number of ether oxygens (including phenoxy) is 2. The molecule has 0 radical (unpaired) electrons. The van der Waals surface area contributed by atoms with Crippen LogP contribution in [0.25, 0.3) is 0 Å². The first-order valence-corrected chi connectivity index (χ1v) is 7.32. The highest BCUT2D eigenvalue weighted by Crippen LogP contribution is 2.16. The van der Waals surface area contributed by atoms with Gasteiger partial charge in [-0.15, -0.1) is 0 Å². The highest BCUT2D eigenvalue weighted by molar-refractivity contribution is 5.07. The quantitative estimate of drug-likeness (QED) is 0.749. The van der Waals surface area contributed by atoms with Gasteiger partial charge in [0.25, 0.3) is 0 Å². The fourth-order valence-corrected chi connectivity index (χ4v) is 2.29. The number of hydrogen-bond acceptors (Lipinski definition) is 3. The summed E-state index contributed by atoms with van der Waals surface area (Å²) in [6, 6.07) is 0. The lowest BCUT2D eigenvalue weighted by Crippen LogP contribution is -2.31. The highest BCUT2D eigenvalue weighted by atomic mass is 16.5. The molecule has 0 fully saturated rings. The molecule has 0 saturated carbocycles. The molecule has 0 aromatic heterocycles. The van der Waals surface area contributed by atoms with E-state index in [1.165, 1.54) is 5.57 Å². The Morgan fingerprint density at radius 2 is 2.05 bits per heavy atom. The lowest BCUT2D eigenvalue weighted by atomic mass is 9.96. The van der Waals surface area contributed by atoms with Crippen molar-refractivity contribution in [2.24, 2.45) is 5.92 Å². The molecule has 0 amide bonds. The molecule has 1 aliphatic rings. The molecule has 0 aromatic carbocycles. The maximum absolute atomic E-state index is 10.3. The van der Waals surface area contributed by atoms with Gasteiger partial charge in [-0.1, -0.05) is 42.4 Å². The van der Waals surface area contributed by atoms with Crippen molar-refractivity contribution in [1.82, 2.24) is 0 Å². The van der Waals surface area contributed by atoms with Gasteiger partial charge in [0.2, 0.25) is 0 Å². The maximum Gasteiger partial charge on any atom is 0.102 e. The molecule has 0 spiro atoms. The third kappa shape index (κ3) is 6.04. The molecule has 0 saturated heterocycles. The number of hydrogen-bond donors (Lipinski definition) is 1. The Kier molecular flexibility index (Phi) is 7.82. The maximum atomic E-state index is 10.3. The molecule has 0 aromatic rings. The van der Waals surface area contributed by atoms with Crippen molar-refractivity contribution < 1.29 is 14.6 Å². The van der Waals surface area contributed by atoms with Crippen LogP contribution >= 0.6 is 0 Å². The summed E-state index contributed by atoms with van der Waals surface area (Å²) in [6.45, 7) is 7.41. The third-order valence-electron chi connectivity index (χ3n) is 3.61. The van der Waals surface area contributed by atoms with E-state index in [-0.39, 0.29) is 12.0 Å². The minimum Gasteiger partial charge on any atom is -0.389 e. The van der Waals surface area contributed by atoms with Crippen molar-refractivity contribution >= 4 is 0 Å². The molecule has 0 aliphatic carbocycles. The lowest BCUT2D eigenvalue weighted by Gasteiger charge is -2.23. The summed E-state index contributed by atoms with van der Waals surface area (Å²) in [6.07, 6.45) is 9.43. The summed E-state index contributed by atoms with van der Waals surface area (Å²) < 4.78 is 11.0. The number of aliphatic hydroxyl groups excluding tert-OH is 1. The molecule has 1 rings (SSSR count). The van der Waals surface area contributed by atoms with E-state index in [2.05, 4.69) is 25.2 Å². The predicted molar refractivity (Wildman–Crippen MR) is 82.7 cm³/mol. The summed E-state index contributed by atoms with van der Waals surface area (Å²) in [5.41, 5.74) is 2.47. The second-order valence-electron chi connectivity index (χ2n) is 5.60. The van der Waals surface area contributed by atoms with E-state index in [0.29, 0.717) is 13.2 Å². The zero-order chi connectivity index (χ0) is 15.0. The number of allylic oxidation sites excluding steroid dienone is 2. The van der Waals surface area contributed by atoms with Crippen molar-refractivity contribution in [2.75, 3.05) is 20.3 Å². The van der Waals surface area contributed by atoms with Gasteiger partial charge >= 0.3 is 0 Å². The van der Waals surface area contributed by atoms with E-state index in [4.69, 9.17) is 9.47 Å². The van der Waals surface area contributed by atoms with Gasteiger partial charge in [-0.25, -0.2) is 0 Å². The van der Waals surface area contributed by atoms with Gasteiger partial charge in [0.15, 0.2) is 0 Å². The van der Waals surface area contributed by atoms with Gasteiger partial charge in [0, 0.05) is 13.0 Å². The van der Waals surface area contributed by atoms with Crippen molar-refractivity contribution in [2.45, 2.75) is 45.8 Å². The first-order valence-electron chi connectivity index (χ1n) is 7.32. The molecule has 0 bridgehead atoms. The fraction of sp³-hybridized carbons (Fsp3) is 0.647. The molecule has 3 nitrogen and oxygen atoms in total. The summed E-state index contributed by atoms with van der Waals surface area (Å²) in [4.78, 5) is 0. The van der Waals surface area contributed by atoms with Gasteiger partial charge < -0.3 is 14.6 Å². The highest BCUT2D eigenvalue weighted by Gasteiger charge is 2.21. The monoisotopic (exact) mass is 280 g/mol. The standard InChI is InChI=1S/C17H28O3/c1-13-7-5-6-8-16(19-4)17(18)15(3)11-14(2)12-20-10-9-13/h6,8-9,11,15-18H,5,7,10,12H2,1-4H3/t15-,16+,17+/m1/s1. The Labute approximate surface area is 123 Å². The minimum atomic E-state index is -0.536. The van der Waals surface area contributed by atoms with Crippen molar-refractivity contribution in [1.29, 1.82) is 0 Å². The third-order valence-corrected chi connectivity index (χ3v) is 3.61. The van der Waals surface area contributed by atoms with Gasteiger partial charge in [-0.3, -0.25) is 0 Å². The Bertz CT molecular complexity index is 368.